The molecule has 0 amide bonds. The average Bonchev–Trinajstić information content (AvgIpc) is 2.33. The highest BCUT2D eigenvalue weighted by atomic mass is 28.4. The van der Waals surface area contributed by atoms with E-state index in [-0.39, 0.29) is 18.0 Å². The molecule has 0 radical (unpaired) electrons. The van der Waals surface area contributed by atoms with Crippen LogP contribution in [0, 0.1) is 5.92 Å². The highest BCUT2D eigenvalue weighted by Gasteiger charge is 2.29. The number of carbonyl (C=O) groups excluding carboxylic acids is 1. The van der Waals surface area contributed by atoms with Gasteiger partial charge in [0, 0.05) is 0 Å². The Labute approximate surface area is 120 Å². The molecule has 2 atom stereocenters. The highest BCUT2D eigenvalue weighted by molar-refractivity contribution is 6.69. The molecule has 19 heavy (non-hydrogen) atoms. The normalized spacial score (nSPS) is 15.1. The van der Waals surface area contributed by atoms with Crippen molar-refractivity contribution < 1.29 is 14.0 Å². The fraction of sp³-hybridized carbons (Fsp3) is 0.933. The molecule has 0 aliphatic carbocycles. The minimum absolute atomic E-state index is 0.0146. The average molecular weight is 289 g/mol. The van der Waals surface area contributed by atoms with E-state index in [1.807, 2.05) is 6.92 Å². The molecule has 0 saturated heterocycles. The Morgan fingerprint density at radius 3 is 2.16 bits per heavy atom. The summed E-state index contributed by atoms with van der Waals surface area (Å²) in [4.78, 5) is 11.7. The molecular weight excluding hydrogens is 256 g/mol. The van der Waals surface area contributed by atoms with Crippen LogP contribution in [-0.4, -0.2) is 27.5 Å². The van der Waals surface area contributed by atoms with Crippen molar-refractivity contribution in [2.24, 2.45) is 5.92 Å². The van der Waals surface area contributed by atoms with E-state index in [1.165, 1.54) is 32.8 Å². The van der Waals surface area contributed by atoms with Gasteiger partial charge in [-0.2, -0.15) is 0 Å². The van der Waals surface area contributed by atoms with Crippen LogP contribution in [0.3, 0.4) is 0 Å². The van der Waals surface area contributed by atoms with Crippen LogP contribution < -0.4 is 0 Å². The van der Waals surface area contributed by atoms with E-state index in [0.717, 1.165) is 12.8 Å². The van der Waals surface area contributed by atoms with Gasteiger partial charge in [-0.25, -0.2) is 0 Å². The molecule has 0 aromatic carbocycles. The first kappa shape index (κ1) is 18.6. The van der Waals surface area contributed by atoms with E-state index >= 15 is 0 Å². The molecule has 0 N–H and O–H groups in total. The number of esters is 1. The summed E-state index contributed by atoms with van der Waals surface area (Å²) in [5.74, 6) is -0.320. The van der Waals surface area contributed by atoms with Crippen molar-refractivity contribution >= 4 is 14.3 Å². The van der Waals surface area contributed by atoms with E-state index in [1.54, 1.807) is 0 Å². The molecule has 0 aromatic heterocycles. The second-order valence-corrected chi connectivity index (χ2v) is 10.7. The van der Waals surface area contributed by atoms with Crippen LogP contribution >= 0.6 is 0 Å². The first-order valence-electron chi connectivity index (χ1n) is 7.57. The Morgan fingerprint density at radius 1 is 1.11 bits per heavy atom. The molecule has 0 aromatic rings. The van der Waals surface area contributed by atoms with Crippen molar-refractivity contribution in [1.29, 1.82) is 0 Å². The van der Waals surface area contributed by atoms with E-state index in [9.17, 15) is 4.79 Å². The third-order valence-corrected chi connectivity index (χ3v) is 4.24. The second kappa shape index (κ2) is 9.53. The fourth-order valence-electron chi connectivity index (χ4n) is 2.15. The molecule has 4 heteroatoms. The summed E-state index contributed by atoms with van der Waals surface area (Å²) < 4.78 is 11.0. The van der Waals surface area contributed by atoms with Crippen LogP contribution in [-0.2, 0) is 14.0 Å². The van der Waals surface area contributed by atoms with Gasteiger partial charge in [0.25, 0.3) is 0 Å². The van der Waals surface area contributed by atoms with Gasteiger partial charge in [0.2, 0.25) is 0 Å². The predicted octanol–water partition coefficient (Wildman–Crippen LogP) is 4.38. The van der Waals surface area contributed by atoms with Gasteiger partial charge in [0.15, 0.2) is 8.32 Å². The number of rotatable bonds is 10. The maximum atomic E-state index is 11.7. The molecular formula is C15H32O3Si. The molecule has 0 saturated carbocycles. The van der Waals surface area contributed by atoms with Gasteiger partial charge < -0.3 is 9.16 Å². The summed E-state index contributed by atoms with van der Waals surface area (Å²) in [5.41, 5.74) is 0. The Morgan fingerprint density at radius 2 is 1.68 bits per heavy atom. The largest absolute Gasteiger partial charge is 0.469 e. The summed E-state index contributed by atoms with van der Waals surface area (Å²) in [5, 5.41) is 0. The third kappa shape index (κ3) is 9.22. The number of carbonyl (C=O) groups is 1. The number of methoxy groups -OCH3 is 1. The minimum Gasteiger partial charge on any atom is -0.469 e. The van der Waals surface area contributed by atoms with Crippen molar-refractivity contribution in [3.63, 3.8) is 0 Å². The number of hydrogen-bond acceptors (Lipinski definition) is 3. The van der Waals surface area contributed by atoms with Crippen molar-refractivity contribution in [3.8, 4) is 0 Å². The Hall–Kier alpha value is -0.353. The summed E-state index contributed by atoms with van der Waals surface area (Å²) >= 11 is 0. The Kier molecular flexibility index (Phi) is 9.36. The summed E-state index contributed by atoms with van der Waals surface area (Å²) in [6.45, 7) is 10.6. The lowest BCUT2D eigenvalue weighted by Crippen LogP contribution is -2.38. The van der Waals surface area contributed by atoms with Crippen LogP contribution in [0.2, 0.25) is 19.6 Å². The zero-order valence-electron chi connectivity index (χ0n) is 13.6. The highest BCUT2D eigenvalue weighted by Crippen LogP contribution is 2.21. The standard InChI is InChI=1S/C15H32O3Si/c1-7-8-9-10-11-12-14(18-19(4,5)6)13(2)15(16)17-3/h13-14H,7-12H2,1-6H3. The monoisotopic (exact) mass is 288 g/mol. The van der Waals surface area contributed by atoms with Crippen molar-refractivity contribution in [3.05, 3.63) is 0 Å². The molecule has 0 fully saturated rings. The minimum atomic E-state index is -1.62. The smallest absolute Gasteiger partial charge is 0.310 e. The van der Waals surface area contributed by atoms with E-state index in [0.29, 0.717) is 0 Å². The van der Waals surface area contributed by atoms with Gasteiger partial charge in [0.05, 0.1) is 19.1 Å². The van der Waals surface area contributed by atoms with Crippen LogP contribution in [0.4, 0.5) is 0 Å². The van der Waals surface area contributed by atoms with Crippen LogP contribution in [0.25, 0.3) is 0 Å². The number of unbranched alkanes of at least 4 members (excludes halogenated alkanes) is 4. The lowest BCUT2D eigenvalue weighted by atomic mass is 9.99. The molecule has 0 bridgehead atoms. The van der Waals surface area contributed by atoms with Gasteiger partial charge in [-0.3, -0.25) is 4.79 Å². The quantitative estimate of drug-likeness (QED) is 0.340. The van der Waals surface area contributed by atoms with Gasteiger partial charge >= 0.3 is 5.97 Å². The fourth-order valence-corrected chi connectivity index (χ4v) is 3.38. The Bertz CT molecular complexity index is 248. The van der Waals surface area contributed by atoms with Gasteiger partial charge in [-0.15, -0.1) is 0 Å². The van der Waals surface area contributed by atoms with Crippen molar-refractivity contribution in [2.45, 2.75) is 78.1 Å². The third-order valence-electron chi connectivity index (χ3n) is 3.23. The van der Waals surface area contributed by atoms with Gasteiger partial charge in [-0.1, -0.05) is 39.0 Å². The predicted molar refractivity (Wildman–Crippen MR) is 82.8 cm³/mol. The first-order valence-corrected chi connectivity index (χ1v) is 11.0. The van der Waals surface area contributed by atoms with Crippen molar-refractivity contribution in [1.82, 2.24) is 0 Å². The number of ether oxygens (including phenoxy) is 1. The zero-order chi connectivity index (χ0) is 14.9. The first-order chi connectivity index (χ1) is 8.81. The lowest BCUT2D eigenvalue weighted by Gasteiger charge is -2.29. The molecule has 0 rings (SSSR count). The maximum Gasteiger partial charge on any atom is 0.310 e. The second-order valence-electron chi connectivity index (χ2n) is 6.28. The van der Waals surface area contributed by atoms with Crippen LogP contribution in [0.1, 0.15) is 52.4 Å². The summed E-state index contributed by atoms with van der Waals surface area (Å²) in [7, 11) is -0.175. The molecule has 3 nitrogen and oxygen atoms in total. The topological polar surface area (TPSA) is 35.5 Å². The molecule has 0 aliphatic rings. The van der Waals surface area contributed by atoms with Gasteiger partial charge in [-0.05, 0) is 33.0 Å². The molecule has 2 unspecified atom stereocenters. The van der Waals surface area contributed by atoms with E-state index in [2.05, 4.69) is 26.6 Å². The lowest BCUT2D eigenvalue weighted by molar-refractivity contribution is -0.148. The molecule has 114 valence electrons. The maximum absolute atomic E-state index is 11.7. The van der Waals surface area contributed by atoms with E-state index in [4.69, 9.17) is 9.16 Å². The molecule has 0 aliphatic heterocycles. The summed E-state index contributed by atoms with van der Waals surface area (Å²) in [6.07, 6.45) is 7.18. The number of hydrogen-bond donors (Lipinski definition) is 0. The van der Waals surface area contributed by atoms with Crippen molar-refractivity contribution in [2.75, 3.05) is 7.11 Å². The van der Waals surface area contributed by atoms with Gasteiger partial charge in [0.1, 0.15) is 0 Å². The van der Waals surface area contributed by atoms with Crippen LogP contribution in [0.15, 0.2) is 0 Å². The van der Waals surface area contributed by atoms with Crippen LogP contribution in [0.5, 0.6) is 0 Å². The molecule has 0 heterocycles. The molecule has 0 spiro atoms. The Balaban J connectivity index is 4.30. The van der Waals surface area contributed by atoms with E-state index < -0.39 is 8.32 Å². The SMILES string of the molecule is CCCCCCCC(O[Si](C)(C)C)C(C)C(=O)OC. The zero-order valence-corrected chi connectivity index (χ0v) is 14.6. The summed E-state index contributed by atoms with van der Waals surface area (Å²) in [6, 6.07) is 0.